The zero-order valence-electron chi connectivity index (χ0n) is 16.1. The molecule has 0 saturated carbocycles. The summed E-state index contributed by atoms with van der Waals surface area (Å²) >= 11 is 0. The van der Waals surface area contributed by atoms with Gasteiger partial charge in [0.2, 0.25) is 0 Å². The molecule has 6 nitrogen and oxygen atoms in total. The van der Waals surface area contributed by atoms with Gasteiger partial charge < -0.3 is 13.6 Å². The van der Waals surface area contributed by atoms with Crippen molar-refractivity contribution in [1.29, 1.82) is 0 Å². The van der Waals surface area contributed by atoms with Crippen LogP contribution in [-0.2, 0) is 9.53 Å². The molecule has 4 rings (SSSR count). The molecular formula is C23H18O6. The van der Waals surface area contributed by atoms with E-state index >= 15 is 0 Å². The highest BCUT2D eigenvalue weighted by molar-refractivity contribution is 5.79. The first-order valence-electron chi connectivity index (χ1n) is 9.06. The van der Waals surface area contributed by atoms with E-state index in [0.717, 1.165) is 11.1 Å². The molecular weight excluding hydrogens is 372 g/mol. The molecule has 0 radical (unpaired) electrons. The third-order valence-electron chi connectivity index (χ3n) is 4.76. The van der Waals surface area contributed by atoms with Crippen LogP contribution in [-0.4, -0.2) is 5.97 Å². The Labute approximate surface area is 165 Å². The number of hydrogen-bond acceptors (Lipinski definition) is 6. The molecule has 0 aliphatic heterocycles. The largest absolute Gasteiger partial charge is 0.464 e. The second-order valence-corrected chi connectivity index (χ2v) is 7.03. The van der Waals surface area contributed by atoms with Gasteiger partial charge in [0.25, 0.3) is 0 Å². The van der Waals surface area contributed by atoms with E-state index in [1.165, 1.54) is 19.5 Å². The van der Waals surface area contributed by atoms with Crippen LogP contribution in [0.4, 0.5) is 0 Å². The minimum absolute atomic E-state index is 0.0512. The summed E-state index contributed by atoms with van der Waals surface area (Å²) in [6.45, 7) is 4.99. The summed E-state index contributed by atoms with van der Waals surface area (Å²) in [5.74, 6) is -0.637. The van der Waals surface area contributed by atoms with Crippen molar-refractivity contribution in [2.24, 2.45) is 0 Å². The van der Waals surface area contributed by atoms with Crippen molar-refractivity contribution in [3.63, 3.8) is 0 Å². The lowest BCUT2D eigenvalue weighted by atomic mass is 10.0. The van der Waals surface area contributed by atoms with Gasteiger partial charge in [0.1, 0.15) is 23.7 Å². The Bertz CT molecular complexity index is 1280. The van der Waals surface area contributed by atoms with E-state index in [1.54, 1.807) is 36.4 Å². The van der Waals surface area contributed by atoms with Crippen molar-refractivity contribution in [1.82, 2.24) is 0 Å². The standard InChI is InChI=1S/C23H18O6/c1-12-4-6-15-19(8-12)27-10-17(21(15)25)23(29-14(3)24)18-11-28-20-9-13(2)5-7-16(20)22(18)26/h4-11,23H,1-3H3. The Morgan fingerprint density at radius 3 is 1.69 bits per heavy atom. The highest BCUT2D eigenvalue weighted by Crippen LogP contribution is 2.26. The lowest BCUT2D eigenvalue weighted by Crippen LogP contribution is -2.23. The van der Waals surface area contributed by atoms with Gasteiger partial charge in [-0.1, -0.05) is 12.1 Å². The lowest BCUT2D eigenvalue weighted by molar-refractivity contribution is -0.144. The van der Waals surface area contributed by atoms with Crippen molar-refractivity contribution in [3.8, 4) is 0 Å². The van der Waals surface area contributed by atoms with Gasteiger partial charge in [0.15, 0.2) is 17.0 Å². The number of ether oxygens (including phenoxy) is 1. The summed E-state index contributed by atoms with van der Waals surface area (Å²) in [7, 11) is 0. The average Bonchev–Trinajstić information content (AvgIpc) is 2.67. The van der Waals surface area contributed by atoms with Crippen LogP contribution in [0.15, 0.2) is 67.3 Å². The van der Waals surface area contributed by atoms with Gasteiger partial charge in [0.05, 0.1) is 21.9 Å². The number of fused-ring (bicyclic) bond motifs is 2. The molecule has 4 aromatic rings. The lowest BCUT2D eigenvalue weighted by Gasteiger charge is -2.16. The van der Waals surface area contributed by atoms with E-state index in [2.05, 4.69) is 0 Å². The number of hydrogen-bond donors (Lipinski definition) is 0. The smallest absolute Gasteiger partial charge is 0.303 e. The fraction of sp³-hybridized carbons (Fsp3) is 0.174. The summed E-state index contributed by atoms with van der Waals surface area (Å²) in [6.07, 6.45) is 1.23. The van der Waals surface area contributed by atoms with Crippen LogP contribution < -0.4 is 10.9 Å². The quantitative estimate of drug-likeness (QED) is 0.488. The summed E-state index contributed by atoms with van der Waals surface area (Å²) in [4.78, 5) is 37.9. The van der Waals surface area contributed by atoms with Crippen LogP contribution in [0.2, 0.25) is 0 Å². The molecule has 0 unspecified atom stereocenters. The van der Waals surface area contributed by atoms with Gasteiger partial charge in [-0.2, -0.15) is 0 Å². The Kier molecular flexibility index (Phi) is 4.54. The van der Waals surface area contributed by atoms with E-state index in [9.17, 15) is 14.4 Å². The van der Waals surface area contributed by atoms with Crippen LogP contribution in [0.1, 0.15) is 35.3 Å². The third kappa shape index (κ3) is 3.33. The normalized spacial score (nSPS) is 11.3. The fourth-order valence-electron chi connectivity index (χ4n) is 3.32. The number of benzene rings is 2. The first-order chi connectivity index (χ1) is 13.8. The Hall–Kier alpha value is -3.67. The van der Waals surface area contributed by atoms with Gasteiger partial charge in [-0.05, 0) is 49.2 Å². The van der Waals surface area contributed by atoms with Crippen molar-refractivity contribution in [2.75, 3.05) is 0 Å². The summed E-state index contributed by atoms with van der Waals surface area (Å²) < 4.78 is 16.6. The Morgan fingerprint density at radius 1 is 0.828 bits per heavy atom. The second kappa shape index (κ2) is 7.05. The highest BCUT2D eigenvalue weighted by Gasteiger charge is 2.26. The molecule has 2 aromatic carbocycles. The molecule has 0 bridgehead atoms. The summed E-state index contributed by atoms with van der Waals surface area (Å²) in [5, 5.41) is 0.678. The van der Waals surface area contributed by atoms with Crippen LogP contribution in [0, 0.1) is 13.8 Å². The molecule has 2 aromatic heterocycles. The number of aryl methyl sites for hydroxylation is 2. The predicted octanol–water partition coefficient (Wildman–Crippen LogP) is 4.17. The molecule has 0 atom stereocenters. The van der Waals surface area contributed by atoms with Gasteiger partial charge in [-0.3, -0.25) is 14.4 Å². The first-order valence-corrected chi connectivity index (χ1v) is 9.06. The monoisotopic (exact) mass is 390 g/mol. The van der Waals surface area contributed by atoms with Crippen molar-refractivity contribution in [3.05, 3.63) is 91.6 Å². The molecule has 29 heavy (non-hydrogen) atoms. The van der Waals surface area contributed by atoms with Gasteiger partial charge in [0, 0.05) is 6.92 Å². The van der Waals surface area contributed by atoms with E-state index in [-0.39, 0.29) is 22.0 Å². The predicted molar refractivity (Wildman–Crippen MR) is 108 cm³/mol. The van der Waals surface area contributed by atoms with Crippen LogP contribution in [0.3, 0.4) is 0 Å². The third-order valence-corrected chi connectivity index (χ3v) is 4.76. The molecule has 146 valence electrons. The number of carbonyl (C=O) groups excluding carboxylic acids is 1. The Morgan fingerprint density at radius 2 is 1.28 bits per heavy atom. The molecule has 2 heterocycles. The summed E-state index contributed by atoms with van der Waals surface area (Å²) in [5.41, 5.74) is 2.07. The van der Waals surface area contributed by atoms with E-state index in [4.69, 9.17) is 13.6 Å². The maximum absolute atomic E-state index is 13.1. The fourth-order valence-corrected chi connectivity index (χ4v) is 3.32. The molecule has 6 heteroatoms. The zero-order valence-corrected chi connectivity index (χ0v) is 16.1. The van der Waals surface area contributed by atoms with E-state index < -0.39 is 12.1 Å². The van der Waals surface area contributed by atoms with Gasteiger partial charge >= 0.3 is 5.97 Å². The topological polar surface area (TPSA) is 86.7 Å². The SMILES string of the molecule is CC(=O)OC(c1coc2cc(C)ccc2c1=O)c1coc2cc(C)ccc2c1=O. The maximum atomic E-state index is 13.1. The summed E-state index contributed by atoms with van der Waals surface area (Å²) in [6, 6.07) is 10.4. The van der Waals surface area contributed by atoms with Crippen molar-refractivity contribution < 1.29 is 18.4 Å². The molecule has 0 saturated heterocycles. The van der Waals surface area contributed by atoms with Crippen LogP contribution >= 0.6 is 0 Å². The van der Waals surface area contributed by atoms with Crippen LogP contribution in [0.5, 0.6) is 0 Å². The van der Waals surface area contributed by atoms with E-state index in [0.29, 0.717) is 21.9 Å². The molecule has 0 N–H and O–H groups in total. The molecule has 0 aliphatic carbocycles. The Balaban J connectivity index is 1.96. The molecule has 0 aliphatic rings. The first kappa shape index (κ1) is 18.7. The molecule has 0 fully saturated rings. The maximum Gasteiger partial charge on any atom is 0.303 e. The highest BCUT2D eigenvalue weighted by atomic mass is 16.5. The van der Waals surface area contributed by atoms with Gasteiger partial charge in [-0.15, -0.1) is 0 Å². The van der Waals surface area contributed by atoms with Crippen molar-refractivity contribution in [2.45, 2.75) is 26.9 Å². The van der Waals surface area contributed by atoms with Crippen molar-refractivity contribution >= 4 is 27.9 Å². The molecule has 0 spiro atoms. The number of rotatable bonds is 3. The average molecular weight is 390 g/mol. The van der Waals surface area contributed by atoms with Gasteiger partial charge in [-0.25, -0.2) is 0 Å². The van der Waals surface area contributed by atoms with E-state index in [1.807, 2.05) is 13.8 Å². The minimum Gasteiger partial charge on any atom is -0.464 e. The second-order valence-electron chi connectivity index (χ2n) is 7.03. The van der Waals surface area contributed by atoms with Crippen LogP contribution in [0.25, 0.3) is 21.9 Å². The minimum atomic E-state index is -1.24. The number of esters is 1. The number of carbonyl (C=O) groups is 1. The molecule has 0 amide bonds. The zero-order chi connectivity index (χ0) is 20.7.